The second kappa shape index (κ2) is 7.29. The summed E-state index contributed by atoms with van der Waals surface area (Å²) in [6, 6.07) is 7.94. The third-order valence-electron chi connectivity index (χ3n) is 4.68. The van der Waals surface area contributed by atoms with E-state index in [0.717, 1.165) is 6.07 Å². The van der Waals surface area contributed by atoms with Gasteiger partial charge < -0.3 is 9.88 Å². The zero-order valence-corrected chi connectivity index (χ0v) is 16.0. The molecule has 0 spiro atoms. The molecule has 148 valence electrons. The lowest BCUT2D eigenvalue weighted by atomic mass is 10.1. The molecule has 0 aliphatic heterocycles. The third kappa shape index (κ3) is 3.47. The van der Waals surface area contributed by atoms with Gasteiger partial charge >= 0.3 is 0 Å². The van der Waals surface area contributed by atoms with Crippen LogP contribution in [-0.4, -0.2) is 20.3 Å². The van der Waals surface area contributed by atoms with Gasteiger partial charge in [-0.05, 0) is 36.4 Å². The minimum atomic E-state index is -0.621. The van der Waals surface area contributed by atoms with Gasteiger partial charge in [-0.2, -0.15) is 5.10 Å². The molecule has 0 atom stereocenters. The van der Waals surface area contributed by atoms with Crippen molar-refractivity contribution in [2.75, 3.05) is 5.32 Å². The number of carbonyl (C=O) groups excluding carboxylic acids is 1. The van der Waals surface area contributed by atoms with E-state index in [0.29, 0.717) is 21.8 Å². The molecule has 6 nitrogen and oxygen atoms in total. The molecule has 4 aromatic rings. The SMILES string of the molecule is Cn1ncc2c(=O)n(CCC(=O)Nc3cc(Cl)ccc3F)c3cc(F)ccc3c21. The maximum absolute atomic E-state index is 13.9. The van der Waals surface area contributed by atoms with Crippen LogP contribution >= 0.6 is 11.6 Å². The molecular weight excluding hydrogens is 402 g/mol. The summed E-state index contributed by atoms with van der Waals surface area (Å²) in [7, 11) is 1.70. The lowest BCUT2D eigenvalue weighted by Gasteiger charge is -2.12. The second-order valence-electron chi connectivity index (χ2n) is 6.57. The van der Waals surface area contributed by atoms with Crippen LogP contribution in [0.4, 0.5) is 14.5 Å². The van der Waals surface area contributed by atoms with Crippen molar-refractivity contribution in [2.45, 2.75) is 13.0 Å². The summed E-state index contributed by atoms with van der Waals surface area (Å²) in [6.45, 7) is -0.0162. The number of carbonyl (C=O) groups is 1. The number of nitrogens with zero attached hydrogens (tertiary/aromatic N) is 3. The monoisotopic (exact) mass is 416 g/mol. The molecule has 0 unspecified atom stereocenters. The molecule has 0 fully saturated rings. The summed E-state index contributed by atoms with van der Waals surface area (Å²) in [4.78, 5) is 25.2. The van der Waals surface area contributed by atoms with Crippen LogP contribution in [0.2, 0.25) is 5.02 Å². The summed E-state index contributed by atoms with van der Waals surface area (Å²) in [6.07, 6.45) is 1.32. The molecule has 0 radical (unpaired) electrons. The summed E-state index contributed by atoms with van der Waals surface area (Å²) in [5.74, 6) is -1.63. The van der Waals surface area contributed by atoms with Crippen LogP contribution in [0.15, 0.2) is 47.4 Å². The highest BCUT2D eigenvalue weighted by molar-refractivity contribution is 6.30. The van der Waals surface area contributed by atoms with Gasteiger partial charge in [0.2, 0.25) is 5.91 Å². The van der Waals surface area contributed by atoms with Gasteiger partial charge in [-0.15, -0.1) is 0 Å². The summed E-state index contributed by atoms with van der Waals surface area (Å²) >= 11 is 5.82. The van der Waals surface area contributed by atoms with Gasteiger partial charge in [-0.25, -0.2) is 8.78 Å². The Kier molecular flexibility index (Phi) is 4.79. The van der Waals surface area contributed by atoms with E-state index in [4.69, 9.17) is 11.6 Å². The summed E-state index contributed by atoms with van der Waals surface area (Å²) < 4.78 is 30.6. The Hall–Kier alpha value is -3.26. The Labute approximate surface area is 168 Å². The standard InChI is InChI=1S/C20H15ClF2N4O2/c1-26-19-13-4-3-12(22)9-17(13)27(20(29)14(19)10-24-26)7-6-18(28)25-16-8-11(21)2-5-15(16)23/h2-5,8-10H,6-7H2,1H3,(H,25,28). The Balaban J connectivity index is 1.69. The van der Waals surface area contributed by atoms with Crippen molar-refractivity contribution in [3.05, 3.63) is 69.6 Å². The first kappa shape index (κ1) is 19.1. The van der Waals surface area contributed by atoms with Crippen molar-refractivity contribution >= 4 is 45.0 Å². The molecule has 1 amide bonds. The van der Waals surface area contributed by atoms with Crippen LogP contribution in [0, 0.1) is 11.6 Å². The quantitative estimate of drug-likeness (QED) is 0.549. The fourth-order valence-electron chi connectivity index (χ4n) is 3.34. The first-order chi connectivity index (χ1) is 13.8. The summed E-state index contributed by atoms with van der Waals surface area (Å²) in [5, 5.41) is 7.84. The largest absolute Gasteiger partial charge is 0.323 e. The van der Waals surface area contributed by atoms with E-state index in [1.165, 1.54) is 35.0 Å². The van der Waals surface area contributed by atoms with Crippen molar-refractivity contribution in [1.29, 1.82) is 0 Å². The Morgan fingerprint density at radius 2 is 1.97 bits per heavy atom. The first-order valence-electron chi connectivity index (χ1n) is 8.74. The Bertz CT molecular complexity index is 1330. The number of halogens is 3. The number of aromatic nitrogens is 3. The highest BCUT2D eigenvalue weighted by Gasteiger charge is 2.16. The fourth-order valence-corrected chi connectivity index (χ4v) is 3.51. The number of hydrogen-bond donors (Lipinski definition) is 1. The van der Waals surface area contributed by atoms with E-state index in [-0.39, 0.29) is 29.2 Å². The van der Waals surface area contributed by atoms with Gasteiger partial charge in [0.1, 0.15) is 11.6 Å². The van der Waals surface area contributed by atoms with E-state index < -0.39 is 17.5 Å². The molecule has 1 N–H and O–H groups in total. The molecule has 0 saturated carbocycles. The number of pyridine rings is 1. The van der Waals surface area contributed by atoms with Crippen LogP contribution in [0.1, 0.15) is 6.42 Å². The third-order valence-corrected chi connectivity index (χ3v) is 4.92. The van der Waals surface area contributed by atoms with Crippen molar-refractivity contribution in [2.24, 2.45) is 7.05 Å². The van der Waals surface area contributed by atoms with Crippen molar-refractivity contribution in [1.82, 2.24) is 14.3 Å². The highest BCUT2D eigenvalue weighted by Crippen LogP contribution is 2.24. The molecule has 29 heavy (non-hydrogen) atoms. The number of benzene rings is 2. The lowest BCUT2D eigenvalue weighted by Crippen LogP contribution is -2.24. The highest BCUT2D eigenvalue weighted by atomic mass is 35.5. The molecular formula is C20H15ClF2N4O2. The van der Waals surface area contributed by atoms with Gasteiger partial charge in [-0.3, -0.25) is 14.3 Å². The van der Waals surface area contributed by atoms with E-state index in [2.05, 4.69) is 10.4 Å². The molecule has 2 heterocycles. The van der Waals surface area contributed by atoms with Crippen LogP contribution in [0.5, 0.6) is 0 Å². The molecule has 2 aromatic carbocycles. The van der Waals surface area contributed by atoms with Crippen LogP contribution < -0.4 is 10.9 Å². The van der Waals surface area contributed by atoms with Crippen LogP contribution in [0.25, 0.3) is 21.8 Å². The van der Waals surface area contributed by atoms with Crippen LogP contribution in [-0.2, 0) is 18.4 Å². The number of anilines is 1. The van der Waals surface area contributed by atoms with E-state index >= 15 is 0 Å². The van der Waals surface area contributed by atoms with Crippen molar-refractivity contribution < 1.29 is 13.6 Å². The average Bonchev–Trinajstić information content (AvgIpc) is 3.06. The second-order valence-corrected chi connectivity index (χ2v) is 7.01. The minimum absolute atomic E-state index is 0.0162. The van der Waals surface area contributed by atoms with Crippen LogP contribution in [0.3, 0.4) is 0 Å². The zero-order chi connectivity index (χ0) is 20.7. The van der Waals surface area contributed by atoms with E-state index in [9.17, 15) is 18.4 Å². The number of amides is 1. The topological polar surface area (TPSA) is 68.9 Å². The average molecular weight is 417 g/mol. The van der Waals surface area contributed by atoms with Gasteiger partial charge in [0.15, 0.2) is 0 Å². The number of aryl methyl sites for hydroxylation is 2. The van der Waals surface area contributed by atoms with Gasteiger partial charge in [0, 0.05) is 30.4 Å². The Morgan fingerprint density at radius 3 is 2.76 bits per heavy atom. The fraction of sp³-hybridized carbons (Fsp3) is 0.150. The molecule has 9 heteroatoms. The predicted octanol–water partition coefficient (Wildman–Crippen LogP) is 3.85. The van der Waals surface area contributed by atoms with E-state index in [1.54, 1.807) is 17.8 Å². The number of hydrogen-bond acceptors (Lipinski definition) is 3. The van der Waals surface area contributed by atoms with Crippen molar-refractivity contribution in [3.8, 4) is 0 Å². The lowest BCUT2D eigenvalue weighted by molar-refractivity contribution is -0.116. The van der Waals surface area contributed by atoms with Gasteiger partial charge in [0.25, 0.3) is 5.56 Å². The van der Waals surface area contributed by atoms with Gasteiger partial charge in [0.05, 0.1) is 28.3 Å². The summed E-state index contributed by atoms with van der Waals surface area (Å²) in [5.41, 5.74) is 0.515. The molecule has 2 aromatic heterocycles. The first-order valence-corrected chi connectivity index (χ1v) is 9.11. The normalized spacial score (nSPS) is 11.3. The maximum atomic E-state index is 13.9. The van der Waals surface area contributed by atoms with Gasteiger partial charge in [-0.1, -0.05) is 11.6 Å². The smallest absolute Gasteiger partial charge is 0.262 e. The Morgan fingerprint density at radius 1 is 1.17 bits per heavy atom. The minimum Gasteiger partial charge on any atom is -0.323 e. The molecule has 4 rings (SSSR count). The van der Waals surface area contributed by atoms with Crippen molar-refractivity contribution in [3.63, 3.8) is 0 Å². The maximum Gasteiger partial charge on any atom is 0.262 e. The number of fused-ring (bicyclic) bond motifs is 3. The molecule has 0 saturated heterocycles. The molecule has 0 aliphatic rings. The zero-order valence-electron chi connectivity index (χ0n) is 15.2. The predicted molar refractivity (Wildman–Crippen MR) is 107 cm³/mol. The number of rotatable bonds is 4. The van der Waals surface area contributed by atoms with E-state index in [1.807, 2.05) is 0 Å². The molecule has 0 aliphatic carbocycles. The molecule has 0 bridgehead atoms. The number of nitrogens with one attached hydrogen (secondary N) is 1.